The van der Waals surface area contributed by atoms with Crippen molar-refractivity contribution in [1.82, 2.24) is 29.7 Å². The SMILES string of the molecule is O=C(NCc1ccc2c(c1)OCO2)C1CN(c2cc(Cl)nc(-n3ccnc3)n2)CCN1Cc1ccc2c(c1)OCO2. The van der Waals surface area contributed by atoms with E-state index in [1.54, 1.807) is 29.4 Å². The van der Waals surface area contributed by atoms with Crippen LogP contribution in [0.15, 0.2) is 61.2 Å². The molecule has 2 aromatic carbocycles. The predicted octanol–water partition coefficient (Wildman–Crippen LogP) is 2.78. The van der Waals surface area contributed by atoms with Crippen LogP contribution in [0.2, 0.25) is 5.15 Å². The number of piperazine rings is 1. The van der Waals surface area contributed by atoms with E-state index >= 15 is 0 Å². The van der Waals surface area contributed by atoms with Crippen molar-refractivity contribution in [2.45, 2.75) is 19.1 Å². The molecule has 2 aromatic heterocycles. The Morgan fingerprint density at radius 1 is 0.927 bits per heavy atom. The minimum absolute atomic E-state index is 0.0944. The molecule has 0 aliphatic carbocycles. The van der Waals surface area contributed by atoms with Crippen LogP contribution in [-0.4, -0.2) is 69.6 Å². The Morgan fingerprint density at radius 3 is 2.41 bits per heavy atom. The molecular formula is C28H26ClN7O5. The molecule has 1 amide bonds. The smallest absolute Gasteiger partial charge is 0.239 e. The van der Waals surface area contributed by atoms with E-state index < -0.39 is 6.04 Å². The number of fused-ring (bicyclic) bond motifs is 2. The van der Waals surface area contributed by atoms with Crippen LogP contribution < -0.4 is 29.2 Å². The zero-order valence-electron chi connectivity index (χ0n) is 21.9. The summed E-state index contributed by atoms with van der Waals surface area (Å²) in [5.41, 5.74) is 1.95. The van der Waals surface area contributed by atoms with Crippen LogP contribution in [0.3, 0.4) is 0 Å². The summed E-state index contributed by atoms with van der Waals surface area (Å²) in [6, 6.07) is 12.8. The number of nitrogens with one attached hydrogen (secondary N) is 1. The number of hydrogen-bond acceptors (Lipinski definition) is 10. The summed E-state index contributed by atoms with van der Waals surface area (Å²) in [5, 5.41) is 3.43. The molecule has 12 nitrogen and oxygen atoms in total. The molecule has 1 saturated heterocycles. The first-order valence-corrected chi connectivity index (χ1v) is 13.5. The number of anilines is 1. The minimum atomic E-state index is -0.464. The summed E-state index contributed by atoms with van der Waals surface area (Å²) in [5.74, 6) is 3.79. The average molecular weight is 576 g/mol. The van der Waals surface area contributed by atoms with E-state index in [9.17, 15) is 4.79 Å². The number of nitrogens with zero attached hydrogens (tertiary/aromatic N) is 6. The third kappa shape index (κ3) is 5.31. The maximum absolute atomic E-state index is 13.7. The van der Waals surface area contributed by atoms with Gasteiger partial charge in [0.25, 0.3) is 0 Å². The lowest BCUT2D eigenvalue weighted by Gasteiger charge is -2.41. The minimum Gasteiger partial charge on any atom is -0.454 e. The van der Waals surface area contributed by atoms with Gasteiger partial charge in [0.15, 0.2) is 23.0 Å². The van der Waals surface area contributed by atoms with E-state index in [0.29, 0.717) is 66.9 Å². The van der Waals surface area contributed by atoms with Crippen LogP contribution in [0.1, 0.15) is 11.1 Å². The quantitative estimate of drug-likeness (QED) is 0.330. The number of amides is 1. The van der Waals surface area contributed by atoms with E-state index in [1.165, 1.54) is 0 Å². The molecule has 3 aliphatic rings. The Balaban J connectivity index is 1.12. The largest absolute Gasteiger partial charge is 0.454 e. The van der Waals surface area contributed by atoms with E-state index in [0.717, 1.165) is 16.9 Å². The maximum Gasteiger partial charge on any atom is 0.239 e. The normalized spacial score (nSPS) is 17.6. The van der Waals surface area contributed by atoms with Gasteiger partial charge in [0, 0.05) is 51.2 Å². The molecular weight excluding hydrogens is 550 g/mol. The van der Waals surface area contributed by atoms with Crippen molar-refractivity contribution < 1.29 is 23.7 Å². The van der Waals surface area contributed by atoms with Crippen molar-refractivity contribution in [3.63, 3.8) is 0 Å². The monoisotopic (exact) mass is 575 g/mol. The topological polar surface area (TPSA) is 116 Å². The number of ether oxygens (including phenoxy) is 4. The van der Waals surface area contributed by atoms with Gasteiger partial charge < -0.3 is 29.2 Å². The van der Waals surface area contributed by atoms with Crippen molar-refractivity contribution >= 4 is 23.3 Å². The molecule has 0 saturated carbocycles. The second kappa shape index (κ2) is 10.8. The van der Waals surface area contributed by atoms with Crippen LogP contribution in [-0.2, 0) is 17.9 Å². The molecule has 13 heteroatoms. The Morgan fingerprint density at radius 2 is 1.66 bits per heavy atom. The number of hydrogen-bond donors (Lipinski definition) is 1. The first kappa shape index (κ1) is 25.4. The molecule has 4 aromatic rings. The Hall–Kier alpha value is -4.55. The molecule has 1 unspecified atom stereocenters. The average Bonchev–Trinajstić information content (AvgIpc) is 3.77. The molecule has 41 heavy (non-hydrogen) atoms. The molecule has 1 fully saturated rings. The molecule has 5 heterocycles. The van der Waals surface area contributed by atoms with Gasteiger partial charge in [0.05, 0.1) is 0 Å². The molecule has 3 aliphatic heterocycles. The Bertz CT molecular complexity index is 1580. The summed E-state index contributed by atoms with van der Waals surface area (Å²) in [7, 11) is 0. The van der Waals surface area contributed by atoms with Crippen LogP contribution in [0.25, 0.3) is 5.95 Å². The van der Waals surface area contributed by atoms with E-state index in [1.807, 2.05) is 36.4 Å². The summed E-state index contributed by atoms with van der Waals surface area (Å²) >= 11 is 6.38. The van der Waals surface area contributed by atoms with Crippen LogP contribution >= 0.6 is 11.6 Å². The highest BCUT2D eigenvalue weighted by Crippen LogP contribution is 2.34. The summed E-state index contributed by atoms with van der Waals surface area (Å²) in [6.45, 7) is 3.02. The molecule has 0 bridgehead atoms. The summed E-state index contributed by atoms with van der Waals surface area (Å²) < 4.78 is 23.6. The van der Waals surface area contributed by atoms with Gasteiger partial charge in [-0.15, -0.1) is 0 Å². The van der Waals surface area contributed by atoms with Gasteiger partial charge >= 0.3 is 0 Å². The van der Waals surface area contributed by atoms with Crippen molar-refractivity contribution in [3.05, 3.63) is 77.5 Å². The number of imidazole rings is 1. The van der Waals surface area contributed by atoms with Crippen LogP contribution in [0, 0.1) is 0 Å². The molecule has 210 valence electrons. The fourth-order valence-electron chi connectivity index (χ4n) is 5.15. The van der Waals surface area contributed by atoms with Crippen molar-refractivity contribution in [1.29, 1.82) is 0 Å². The summed E-state index contributed by atoms with van der Waals surface area (Å²) in [6.07, 6.45) is 5.02. The molecule has 1 atom stereocenters. The van der Waals surface area contributed by atoms with Gasteiger partial charge in [0.1, 0.15) is 23.3 Å². The fraction of sp³-hybridized carbons (Fsp3) is 0.286. The number of carbonyl (C=O) groups is 1. The van der Waals surface area contributed by atoms with Crippen LogP contribution in [0.5, 0.6) is 23.0 Å². The van der Waals surface area contributed by atoms with Crippen molar-refractivity contribution in [2.24, 2.45) is 0 Å². The fourth-order valence-corrected chi connectivity index (χ4v) is 5.32. The Labute approximate surface area is 240 Å². The first-order chi connectivity index (χ1) is 20.1. The lowest BCUT2D eigenvalue weighted by Crippen LogP contribution is -2.58. The van der Waals surface area contributed by atoms with Gasteiger partial charge in [0.2, 0.25) is 25.4 Å². The molecule has 0 radical (unpaired) electrons. The molecule has 0 spiro atoms. The van der Waals surface area contributed by atoms with E-state index in [4.69, 9.17) is 35.5 Å². The highest BCUT2D eigenvalue weighted by molar-refractivity contribution is 6.29. The summed E-state index contributed by atoms with van der Waals surface area (Å²) in [4.78, 5) is 31.1. The second-order valence-electron chi connectivity index (χ2n) is 9.84. The standard InChI is InChI=1S/C28H26ClN7O5/c29-25-11-26(33-28(32-25)36-6-5-30-15-36)35-8-7-34(13-19-2-4-22-24(10-19)41-17-39-22)20(14-35)27(37)31-12-18-1-3-21-23(9-18)40-16-38-21/h1-6,9-11,15,20H,7-8,12-14,16-17H2,(H,31,37). The maximum atomic E-state index is 13.7. The first-order valence-electron chi connectivity index (χ1n) is 13.2. The third-order valence-electron chi connectivity index (χ3n) is 7.25. The zero-order chi connectivity index (χ0) is 27.8. The van der Waals surface area contributed by atoms with E-state index in [2.05, 4.69) is 25.1 Å². The van der Waals surface area contributed by atoms with Gasteiger partial charge in [-0.3, -0.25) is 14.3 Å². The molecule has 7 rings (SSSR count). The Kier molecular flexibility index (Phi) is 6.69. The molecule has 1 N–H and O–H groups in total. The highest BCUT2D eigenvalue weighted by Gasteiger charge is 2.33. The lowest BCUT2D eigenvalue weighted by molar-refractivity contribution is -0.127. The number of aromatic nitrogens is 4. The van der Waals surface area contributed by atoms with Gasteiger partial charge in [-0.2, -0.15) is 4.98 Å². The number of halogens is 1. The zero-order valence-corrected chi connectivity index (χ0v) is 22.7. The lowest BCUT2D eigenvalue weighted by atomic mass is 10.1. The number of carbonyl (C=O) groups excluding carboxylic acids is 1. The third-order valence-corrected chi connectivity index (χ3v) is 7.44. The van der Waals surface area contributed by atoms with Crippen molar-refractivity contribution in [2.75, 3.05) is 38.1 Å². The van der Waals surface area contributed by atoms with Crippen LogP contribution in [0.4, 0.5) is 5.82 Å². The number of benzene rings is 2. The number of rotatable bonds is 7. The highest BCUT2D eigenvalue weighted by atomic mass is 35.5. The van der Waals surface area contributed by atoms with Gasteiger partial charge in [-0.1, -0.05) is 23.7 Å². The van der Waals surface area contributed by atoms with Gasteiger partial charge in [-0.25, -0.2) is 9.97 Å². The van der Waals surface area contributed by atoms with Crippen molar-refractivity contribution in [3.8, 4) is 28.9 Å². The second-order valence-corrected chi connectivity index (χ2v) is 10.2. The van der Waals surface area contributed by atoms with Gasteiger partial charge in [-0.05, 0) is 35.4 Å². The van der Waals surface area contributed by atoms with E-state index in [-0.39, 0.29) is 19.5 Å². The predicted molar refractivity (Wildman–Crippen MR) is 148 cm³/mol.